The second-order valence-electron chi connectivity index (χ2n) is 5.23. The van der Waals surface area contributed by atoms with Gasteiger partial charge < -0.3 is 10.0 Å². The van der Waals surface area contributed by atoms with Crippen LogP contribution in [0.25, 0.3) is 0 Å². The molecule has 20 heavy (non-hydrogen) atoms. The second kappa shape index (κ2) is 7.20. The largest absolute Gasteiger partial charge is 0.387 e. The van der Waals surface area contributed by atoms with E-state index in [4.69, 9.17) is 0 Å². The summed E-state index contributed by atoms with van der Waals surface area (Å²) in [5.74, 6) is 0.139. The van der Waals surface area contributed by atoms with Crippen molar-refractivity contribution in [1.29, 1.82) is 0 Å². The molecule has 1 amide bonds. The van der Waals surface area contributed by atoms with Gasteiger partial charge in [0.15, 0.2) is 0 Å². The maximum absolute atomic E-state index is 11.4. The molecule has 2 rings (SSSR count). The molecule has 1 aromatic carbocycles. The molecule has 0 radical (unpaired) electrons. The molecule has 1 aliphatic rings. The minimum absolute atomic E-state index is 0.139. The molecule has 0 bridgehead atoms. The number of halogens is 1. The van der Waals surface area contributed by atoms with Gasteiger partial charge in [-0.05, 0) is 24.1 Å². The summed E-state index contributed by atoms with van der Waals surface area (Å²) in [4.78, 5) is 15.5. The summed E-state index contributed by atoms with van der Waals surface area (Å²) in [6.45, 7) is 5.56. The highest BCUT2D eigenvalue weighted by Gasteiger charge is 2.19. The smallest absolute Gasteiger partial charge is 0.219 e. The first-order chi connectivity index (χ1) is 9.56. The molecule has 1 aliphatic heterocycles. The first-order valence-corrected chi connectivity index (χ1v) is 7.77. The fourth-order valence-electron chi connectivity index (χ4n) is 2.50. The van der Waals surface area contributed by atoms with Gasteiger partial charge in [0, 0.05) is 44.1 Å². The minimum Gasteiger partial charge on any atom is -0.387 e. The third-order valence-electron chi connectivity index (χ3n) is 3.72. The van der Waals surface area contributed by atoms with Crippen molar-refractivity contribution in [1.82, 2.24) is 9.80 Å². The molecule has 0 spiro atoms. The number of rotatable bonds is 3. The molecule has 1 N–H and O–H groups in total. The maximum Gasteiger partial charge on any atom is 0.219 e. The average molecular weight is 341 g/mol. The highest BCUT2D eigenvalue weighted by Crippen LogP contribution is 2.18. The van der Waals surface area contributed by atoms with Crippen molar-refractivity contribution in [3.8, 4) is 0 Å². The molecule has 1 atom stereocenters. The summed E-state index contributed by atoms with van der Waals surface area (Å²) in [6, 6.07) is 7.76. The van der Waals surface area contributed by atoms with E-state index in [2.05, 4.69) is 20.8 Å². The van der Waals surface area contributed by atoms with Crippen molar-refractivity contribution in [2.45, 2.75) is 19.4 Å². The van der Waals surface area contributed by atoms with Crippen LogP contribution in [0.3, 0.4) is 0 Å². The Morgan fingerprint density at radius 2 is 1.95 bits per heavy atom. The van der Waals surface area contributed by atoms with E-state index in [1.54, 1.807) is 6.92 Å². The van der Waals surface area contributed by atoms with Crippen LogP contribution in [0.5, 0.6) is 0 Å². The van der Waals surface area contributed by atoms with Gasteiger partial charge in [-0.1, -0.05) is 28.1 Å². The molecule has 1 saturated heterocycles. The van der Waals surface area contributed by atoms with E-state index in [-0.39, 0.29) is 5.91 Å². The zero-order chi connectivity index (χ0) is 14.5. The molecular weight excluding hydrogens is 320 g/mol. The lowest BCUT2D eigenvalue weighted by Gasteiger charge is -2.24. The number of benzene rings is 1. The number of amides is 1. The Kier molecular flexibility index (Phi) is 5.57. The van der Waals surface area contributed by atoms with Crippen LogP contribution in [0.2, 0.25) is 0 Å². The van der Waals surface area contributed by atoms with Gasteiger partial charge in [0.05, 0.1) is 6.10 Å². The Morgan fingerprint density at radius 1 is 1.25 bits per heavy atom. The predicted octanol–water partition coefficient (Wildman–Crippen LogP) is 2.04. The molecule has 110 valence electrons. The van der Waals surface area contributed by atoms with Gasteiger partial charge in [0.1, 0.15) is 0 Å². The molecule has 0 unspecified atom stereocenters. The fraction of sp³-hybridized carbons (Fsp3) is 0.533. The molecular formula is C15H21BrN2O2. The van der Waals surface area contributed by atoms with Gasteiger partial charge >= 0.3 is 0 Å². The lowest BCUT2D eigenvalue weighted by Crippen LogP contribution is -2.35. The van der Waals surface area contributed by atoms with Gasteiger partial charge in [0.25, 0.3) is 0 Å². The Balaban J connectivity index is 1.89. The van der Waals surface area contributed by atoms with E-state index in [9.17, 15) is 9.90 Å². The lowest BCUT2D eigenvalue weighted by molar-refractivity contribution is -0.128. The third-order valence-corrected chi connectivity index (χ3v) is 4.25. The van der Waals surface area contributed by atoms with Crippen molar-refractivity contribution in [2.24, 2.45) is 0 Å². The minimum atomic E-state index is -0.480. The number of hydrogen-bond acceptors (Lipinski definition) is 3. The van der Waals surface area contributed by atoms with Crippen molar-refractivity contribution in [3.05, 3.63) is 34.3 Å². The number of carbonyl (C=O) groups is 1. The Bertz CT molecular complexity index is 450. The number of aliphatic hydroxyl groups is 1. The topological polar surface area (TPSA) is 43.8 Å². The second-order valence-corrected chi connectivity index (χ2v) is 6.14. The zero-order valence-corrected chi connectivity index (χ0v) is 13.3. The number of hydrogen-bond donors (Lipinski definition) is 1. The number of aliphatic hydroxyl groups excluding tert-OH is 1. The van der Waals surface area contributed by atoms with E-state index in [1.165, 1.54) is 0 Å². The summed E-state index contributed by atoms with van der Waals surface area (Å²) in [5.41, 5.74) is 0.931. The van der Waals surface area contributed by atoms with Crippen LogP contribution in [0, 0.1) is 0 Å². The molecule has 1 heterocycles. The predicted molar refractivity (Wildman–Crippen MR) is 82.4 cm³/mol. The van der Waals surface area contributed by atoms with Crippen molar-refractivity contribution >= 4 is 21.8 Å². The fourth-order valence-corrected chi connectivity index (χ4v) is 2.77. The van der Waals surface area contributed by atoms with E-state index in [1.807, 2.05) is 29.2 Å². The third kappa shape index (κ3) is 4.30. The molecule has 5 heteroatoms. The van der Waals surface area contributed by atoms with Crippen molar-refractivity contribution in [3.63, 3.8) is 0 Å². The van der Waals surface area contributed by atoms with E-state index < -0.39 is 6.10 Å². The van der Waals surface area contributed by atoms with Gasteiger partial charge in [-0.2, -0.15) is 0 Å². The summed E-state index contributed by atoms with van der Waals surface area (Å²) in [6.07, 6.45) is 0.485. The van der Waals surface area contributed by atoms with E-state index in [0.717, 1.165) is 42.6 Å². The van der Waals surface area contributed by atoms with Gasteiger partial charge in [-0.3, -0.25) is 9.69 Å². The summed E-state index contributed by atoms with van der Waals surface area (Å²) >= 11 is 3.39. The quantitative estimate of drug-likeness (QED) is 0.915. The van der Waals surface area contributed by atoms with E-state index in [0.29, 0.717) is 6.54 Å². The van der Waals surface area contributed by atoms with E-state index >= 15 is 0 Å². The van der Waals surface area contributed by atoms with Crippen LogP contribution in [0.1, 0.15) is 25.0 Å². The van der Waals surface area contributed by atoms with Crippen molar-refractivity contribution < 1.29 is 9.90 Å². The Morgan fingerprint density at radius 3 is 2.60 bits per heavy atom. The first kappa shape index (κ1) is 15.5. The van der Waals surface area contributed by atoms with Crippen LogP contribution in [-0.4, -0.2) is 53.5 Å². The van der Waals surface area contributed by atoms with Gasteiger partial charge in [-0.15, -0.1) is 0 Å². The summed E-state index contributed by atoms with van der Waals surface area (Å²) < 4.78 is 1.01. The maximum atomic E-state index is 11.4. The lowest BCUT2D eigenvalue weighted by atomic mass is 10.1. The van der Waals surface area contributed by atoms with Crippen LogP contribution < -0.4 is 0 Å². The summed E-state index contributed by atoms with van der Waals surface area (Å²) in [7, 11) is 0. The summed E-state index contributed by atoms with van der Waals surface area (Å²) in [5, 5.41) is 10.3. The molecule has 4 nitrogen and oxygen atoms in total. The Labute approximate surface area is 128 Å². The first-order valence-electron chi connectivity index (χ1n) is 6.97. The van der Waals surface area contributed by atoms with Gasteiger partial charge in [-0.25, -0.2) is 0 Å². The number of carbonyl (C=O) groups excluding carboxylic acids is 1. The highest BCUT2D eigenvalue weighted by atomic mass is 79.9. The van der Waals surface area contributed by atoms with Crippen LogP contribution in [0.15, 0.2) is 28.7 Å². The van der Waals surface area contributed by atoms with Crippen LogP contribution in [-0.2, 0) is 4.79 Å². The molecule has 0 aromatic heterocycles. The normalized spacial score (nSPS) is 18.6. The van der Waals surface area contributed by atoms with Crippen LogP contribution >= 0.6 is 15.9 Å². The highest BCUT2D eigenvalue weighted by molar-refractivity contribution is 9.10. The molecule has 1 fully saturated rings. The number of nitrogens with zero attached hydrogens (tertiary/aromatic N) is 2. The zero-order valence-electron chi connectivity index (χ0n) is 11.8. The van der Waals surface area contributed by atoms with Crippen molar-refractivity contribution in [2.75, 3.05) is 32.7 Å². The average Bonchev–Trinajstić information content (AvgIpc) is 2.65. The SMILES string of the molecule is CC(=O)N1CCCN(C[C@@H](O)c2ccc(Br)cc2)CC1. The molecule has 0 saturated carbocycles. The Hall–Kier alpha value is -0.910. The standard InChI is InChI=1S/C15H21BrN2O2/c1-12(19)18-8-2-7-17(9-10-18)11-15(20)13-3-5-14(16)6-4-13/h3-6,15,20H,2,7-11H2,1H3/t15-/m1/s1. The molecule has 1 aromatic rings. The molecule has 0 aliphatic carbocycles. The monoisotopic (exact) mass is 340 g/mol. The van der Waals surface area contributed by atoms with Crippen LogP contribution in [0.4, 0.5) is 0 Å². The number of β-amino-alcohol motifs (C(OH)–C–C–N with tert-alkyl or cyclic N) is 1. The van der Waals surface area contributed by atoms with Gasteiger partial charge in [0.2, 0.25) is 5.91 Å².